The lowest BCUT2D eigenvalue weighted by Gasteiger charge is -2.14. The van der Waals surface area contributed by atoms with Crippen LogP contribution in [0.4, 0.5) is 0 Å². The molecule has 1 saturated heterocycles. The third-order valence-corrected chi connectivity index (χ3v) is 3.99. The number of benzene rings is 1. The predicted octanol–water partition coefficient (Wildman–Crippen LogP) is 1.98. The van der Waals surface area contributed by atoms with Gasteiger partial charge in [0.25, 0.3) is 0 Å². The van der Waals surface area contributed by atoms with E-state index in [0.717, 1.165) is 44.5 Å². The molecule has 0 aliphatic carbocycles. The maximum absolute atomic E-state index is 9.14. The second-order valence-corrected chi connectivity index (χ2v) is 5.62. The van der Waals surface area contributed by atoms with Crippen molar-refractivity contribution in [2.45, 2.75) is 19.3 Å². The van der Waals surface area contributed by atoms with Crippen molar-refractivity contribution in [3.8, 4) is 11.4 Å². The first-order valence-corrected chi connectivity index (χ1v) is 7.56. The smallest absolute Gasteiger partial charge is 0.227 e. The number of aromatic nitrogens is 2. The van der Waals surface area contributed by atoms with E-state index in [1.807, 2.05) is 30.3 Å². The van der Waals surface area contributed by atoms with Gasteiger partial charge in [-0.15, -0.1) is 0 Å². The topological polar surface area (TPSA) is 62.4 Å². The van der Waals surface area contributed by atoms with Crippen molar-refractivity contribution in [1.29, 1.82) is 0 Å². The molecule has 1 unspecified atom stereocenters. The summed E-state index contributed by atoms with van der Waals surface area (Å²) in [6.07, 6.45) is 2.92. The first kappa shape index (κ1) is 14.2. The summed E-state index contributed by atoms with van der Waals surface area (Å²) in [5, 5.41) is 13.2. The van der Waals surface area contributed by atoms with E-state index < -0.39 is 0 Å². The van der Waals surface area contributed by atoms with Crippen LogP contribution < -0.4 is 0 Å². The molecule has 5 heteroatoms. The minimum Gasteiger partial charge on any atom is -0.396 e. The molecule has 0 saturated carbocycles. The summed E-state index contributed by atoms with van der Waals surface area (Å²) in [7, 11) is 0. The fraction of sp³-hybridized carbons (Fsp3) is 0.500. The summed E-state index contributed by atoms with van der Waals surface area (Å²) in [5.41, 5.74) is 0.984. The minimum absolute atomic E-state index is 0.306. The van der Waals surface area contributed by atoms with Gasteiger partial charge in [-0.1, -0.05) is 35.5 Å². The van der Waals surface area contributed by atoms with Crippen LogP contribution in [-0.2, 0) is 6.42 Å². The fourth-order valence-electron chi connectivity index (χ4n) is 2.78. The molecular weight excluding hydrogens is 266 g/mol. The molecule has 112 valence electrons. The van der Waals surface area contributed by atoms with Gasteiger partial charge in [0.2, 0.25) is 11.7 Å². The summed E-state index contributed by atoms with van der Waals surface area (Å²) in [4.78, 5) is 6.84. The van der Waals surface area contributed by atoms with Crippen molar-refractivity contribution in [1.82, 2.24) is 15.0 Å². The maximum Gasteiger partial charge on any atom is 0.227 e. The number of likely N-dealkylation sites (tertiary alicyclic amines) is 1. The minimum atomic E-state index is 0.306. The summed E-state index contributed by atoms with van der Waals surface area (Å²) in [5.74, 6) is 1.82. The van der Waals surface area contributed by atoms with Crippen molar-refractivity contribution >= 4 is 0 Å². The van der Waals surface area contributed by atoms with Gasteiger partial charge >= 0.3 is 0 Å². The molecular formula is C16H21N3O2. The van der Waals surface area contributed by atoms with Gasteiger partial charge < -0.3 is 14.5 Å². The van der Waals surface area contributed by atoms with Crippen LogP contribution in [0.5, 0.6) is 0 Å². The molecule has 1 atom stereocenters. The van der Waals surface area contributed by atoms with Crippen molar-refractivity contribution < 1.29 is 9.63 Å². The Balaban J connectivity index is 1.47. The van der Waals surface area contributed by atoms with Gasteiger partial charge in [-0.3, -0.25) is 0 Å². The molecule has 2 heterocycles. The molecule has 5 nitrogen and oxygen atoms in total. The zero-order valence-corrected chi connectivity index (χ0v) is 12.1. The summed E-state index contributed by atoms with van der Waals surface area (Å²) < 4.78 is 5.31. The third kappa shape index (κ3) is 3.68. The summed E-state index contributed by atoms with van der Waals surface area (Å²) in [6.45, 7) is 3.43. The Morgan fingerprint density at radius 1 is 1.29 bits per heavy atom. The number of aliphatic hydroxyl groups excluding tert-OH is 1. The van der Waals surface area contributed by atoms with Crippen LogP contribution in [0.2, 0.25) is 0 Å². The van der Waals surface area contributed by atoms with Gasteiger partial charge in [-0.25, -0.2) is 0 Å². The Labute approximate surface area is 124 Å². The molecule has 3 rings (SSSR count). The van der Waals surface area contributed by atoms with Crippen LogP contribution in [-0.4, -0.2) is 46.4 Å². The Bertz CT molecular complexity index is 556. The average molecular weight is 287 g/mol. The monoisotopic (exact) mass is 287 g/mol. The van der Waals surface area contributed by atoms with Crippen molar-refractivity contribution in [2.75, 3.05) is 26.2 Å². The largest absolute Gasteiger partial charge is 0.396 e. The highest BCUT2D eigenvalue weighted by molar-refractivity contribution is 5.53. The number of hydrogen-bond donors (Lipinski definition) is 1. The number of rotatable bonds is 6. The van der Waals surface area contributed by atoms with Crippen molar-refractivity contribution in [2.24, 2.45) is 5.92 Å². The zero-order valence-electron chi connectivity index (χ0n) is 12.1. The first-order valence-electron chi connectivity index (χ1n) is 7.56. The van der Waals surface area contributed by atoms with Gasteiger partial charge in [0.05, 0.1) is 0 Å². The summed E-state index contributed by atoms with van der Waals surface area (Å²) in [6, 6.07) is 9.87. The van der Waals surface area contributed by atoms with E-state index >= 15 is 0 Å². The molecule has 1 fully saturated rings. The standard InChI is InChI=1S/C16H21N3O2/c20-12-13-8-10-19(11-13)9-4-7-15-17-16(18-21-15)14-5-2-1-3-6-14/h1-3,5-6,13,20H,4,7-12H2. The average Bonchev–Trinajstić information content (AvgIpc) is 3.17. The van der Waals surface area contributed by atoms with Crippen LogP contribution in [0.25, 0.3) is 11.4 Å². The highest BCUT2D eigenvalue weighted by Gasteiger charge is 2.21. The molecule has 21 heavy (non-hydrogen) atoms. The molecule has 1 aliphatic rings. The van der Waals surface area contributed by atoms with Crippen LogP contribution in [0, 0.1) is 5.92 Å². The highest BCUT2D eigenvalue weighted by Crippen LogP contribution is 2.17. The maximum atomic E-state index is 9.14. The first-order chi connectivity index (χ1) is 10.3. The SMILES string of the molecule is OCC1CCN(CCCc2nc(-c3ccccc3)no2)C1. The molecule has 0 spiro atoms. The lowest BCUT2D eigenvalue weighted by atomic mass is 10.1. The Morgan fingerprint density at radius 2 is 2.14 bits per heavy atom. The molecule has 1 aromatic heterocycles. The van der Waals surface area contributed by atoms with Gasteiger partial charge in [-0.05, 0) is 31.8 Å². The van der Waals surface area contributed by atoms with E-state index in [1.54, 1.807) is 0 Å². The van der Waals surface area contributed by atoms with Crippen molar-refractivity contribution in [3.05, 3.63) is 36.2 Å². The number of aryl methyl sites for hydroxylation is 1. The van der Waals surface area contributed by atoms with Crippen molar-refractivity contribution in [3.63, 3.8) is 0 Å². The summed E-state index contributed by atoms with van der Waals surface area (Å²) >= 11 is 0. The predicted molar refractivity (Wildman–Crippen MR) is 79.7 cm³/mol. The van der Waals surface area contributed by atoms with Gasteiger partial charge in [0.15, 0.2) is 0 Å². The molecule has 0 amide bonds. The van der Waals surface area contributed by atoms with Crippen LogP contribution in [0.1, 0.15) is 18.7 Å². The third-order valence-electron chi connectivity index (χ3n) is 3.99. The second-order valence-electron chi connectivity index (χ2n) is 5.62. The number of hydrogen-bond acceptors (Lipinski definition) is 5. The van der Waals surface area contributed by atoms with E-state index in [-0.39, 0.29) is 0 Å². The second kappa shape index (κ2) is 6.83. The Hall–Kier alpha value is -1.72. The molecule has 0 bridgehead atoms. The van der Waals surface area contributed by atoms with E-state index in [4.69, 9.17) is 9.63 Å². The van der Waals surface area contributed by atoms with E-state index in [9.17, 15) is 0 Å². The van der Waals surface area contributed by atoms with Gasteiger partial charge in [0, 0.05) is 25.1 Å². The Morgan fingerprint density at radius 3 is 2.90 bits per heavy atom. The normalized spacial score (nSPS) is 19.2. The number of nitrogens with zero attached hydrogens (tertiary/aromatic N) is 3. The Kier molecular flexibility index (Phi) is 4.62. The van der Waals surface area contributed by atoms with Crippen LogP contribution in [0.3, 0.4) is 0 Å². The van der Waals surface area contributed by atoms with Gasteiger partial charge in [-0.2, -0.15) is 4.98 Å². The van der Waals surface area contributed by atoms with E-state index in [0.29, 0.717) is 24.2 Å². The highest BCUT2D eigenvalue weighted by atomic mass is 16.5. The van der Waals surface area contributed by atoms with E-state index in [1.165, 1.54) is 0 Å². The lowest BCUT2D eigenvalue weighted by Crippen LogP contribution is -2.23. The molecule has 1 aliphatic heterocycles. The quantitative estimate of drug-likeness (QED) is 0.880. The molecule has 1 aromatic carbocycles. The molecule has 2 aromatic rings. The molecule has 0 radical (unpaired) electrons. The number of aliphatic hydroxyl groups is 1. The lowest BCUT2D eigenvalue weighted by molar-refractivity contribution is 0.220. The van der Waals surface area contributed by atoms with Gasteiger partial charge in [0.1, 0.15) is 0 Å². The zero-order chi connectivity index (χ0) is 14.5. The van der Waals surface area contributed by atoms with Crippen LogP contribution in [0.15, 0.2) is 34.9 Å². The molecule has 1 N–H and O–H groups in total. The van der Waals surface area contributed by atoms with Crippen LogP contribution >= 0.6 is 0 Å². The van der Waals surface area contributed by atoms with E-state index in [2.05, 4.69) is 15.0 Å². The fourth-order valence-corrected chi connectivity index (χ4v) is 2.78.